The monoisotopic (exact) mass is 184 g/mol. The van der Waals surface area contributed by atoms with Gasteiger partial charge < -0.3 is 15.0 Å². The molecule has 1 unspecified atom stereocenters. The first-order chi connectivity index (χ1) is 6.13. The third-order valence-electron chi connectivity index (χ3n) is 1.75. The summed E-state index contributed by atoms with van der Waals surface area (Å²) in [6.07, 6.45) is 0.583. The van der Waals surface area contributed by atoms with E-state index in [2.05, 4.69) is 11.9 Å². The van der Waals surface area contributed by atoms with E-state index in [-0.39, 0.29) is 18.1 Å². The number of likely N-dealkylation sites (N-methyl/N-ethyl adjacent to an activating group) is 1. The average molecular weight is 184 g/mol. The molecule has 5 heteroatoms. The highest BCUT2D eigenvalue weighted by Gasteiger charge is 2.27. The second-order valence-corrected chi connectivity index (χ2v) is 2.84. The van der Waals surface area contributed by atoms with E-state index in [4.69, 9.17) is 4.74 Å². The number of rotatable bonds is 3. The molecule has 0 radical (unpaired) electrons. The summed E-state index contributed by atoms with van der Waals surface area (Å²) in [5.41, 5.74) is 0. The molecule has 0 spiro atoms. The van der Waals surface area contributed by atoms with Gasteiger partial charge in [0.25, 0.3) is 0 Å². The van der Waals surface area contributed by atoms with Gasteiger partial charge in [-0.3, -0.25) is 4.79 Å². The molecule has 0 aliphatic carbocycles. The molecule has 5 nitrogen and oxygen atoms in total. The Kier molecular flexibility index (Phi) is 2.89. The number of ether oxygens (including phenoxy) is 1. The number of amides is 2. The second kappa shape index (κ2) is 3.93. The van der Waals surface area contributed by atoms with E-state index >= 15 is 0 Å². The van der Waals surface area contributed by atoms with Crippen molar-refractivity contribution in [2.24, 2.45) is 0 Å². The highest BCUT2D eigenvalue weighted by atomic mass is 16.6. The van der Waals surface area contributed by atoms with Crippen molar-refractivity contribution in [1.82, 2.24) is 10.2 Å². The van der Waals surface area contributed by atoms with Gasteiger partial charge in [-0.2, -0.15) is 0 Å². The maximum atomic E-state index is 10.9. The Hall–Kier alpha value is -1.52. The predicted molar refractivity (Wildman–Crippen MR) is 46.1 cm³/mol. The number of cyclic esters (lactones) is 1. The normalized spacial score (nSPS) is 21.2. The minimum Gasteiger partial charge on any atom is -0.442 e. The first kappa shape index (κ1) is 9.57. The largest absolute Gasteiger partial charge is 0.442 e. The maximum Gasteiger partial charge on any atom is 0.410 e. The summed E-state index contributed by atoms with van der Waals surface area (Å²) >= 11 is 0. The van der Waals surface area contributed by atoms with E-state index in [0.717, 1.165) is 0 Å². The molecule has 0 bridgehead atoms. The fourth-order valence-electron chi connectivity index (χ4n) is 1.04. The molecule has 1 saturated heterocycles. The first-order valence-electron chi connectivity index (χ1n) is 3.95. The quantitative estimate of drug-likeness (QED) is 0.615. The smallest absolute Gasteiger partial charge is 0.410 e. The average Bonchev–Trinajstić information content (AvgIpc) is 2.42. The fraction of sp³-hybridized carbons (Fsp3) is 0.500. The van der Waals surface area contributed by atoms with Crippen molar-refractivity contribution in [3.05, 3.63) is 12.7 Å². The van der Waals surface area contributed by atoms with Gasteiger partial charge in [0, 0.05) is 7.05 Å². The van der Waals surface area contributed by atoms with Crippen molar-refractivity contribution in [1.29, 1.82) is 0 Å². The molecule has 0 aromatic heterocycles. The van der Waals surface area contributed by atoms with Crippen LogP contribution in [0.1, 0.15) is 0 Å². The molecule has 13 heavy (non-hydrogen) atoms. The first-order valence-corrected chi connectivity index (χ1v) is 3.95. The molecule has 1 aliphatic rings. The summed E-state index contributed by atoms with van der Waals surface area (Å²) in [6, 6.07) is 0. The van der Waals surface area contributed by atoms with E-state index < -0.39 is 0 Å². The number of nitrogens with zero attached hydrogens (tertiary/aromatic N) is 1. The number of hydrogen-bond acceptors (Lipinski definition) is 3. The Morgan fingerprint density at radius 2 is 2.62 bits per heavy atom. The summed E-state index contributed by atoms with van der Waals surface area (Å²) < 4.78 is 4.91. The number of nitrogens with one attached hydrogen (secondary N) is 1. The van der Waals surface area contributed by atoms with E-state index in [9.17, 15) is 9.59 Å². The van der Waals surface area contributed by atoms with Crippen molar-refractivity contribution in [2.75, 3.05) is 20.1 Å². The lowest BCUT2D eigenvalue weighted by atomic mass is 10.3. The molecule has 1 aliphatic heterocycles. The zero-order valence-corrected chi connectivity index (χ0v) is 7.45. The Bertz CT molecular complexity index is 240. The van der Waals surface area contributed by atoms with Crippen molar-refractivity contribution in [3.63, 3.8) is 0 Å². The number of hydrogen-bond donors (Lipinski definition) is 1. The lowest BCUT2D eigenvalue weighted by Gasteiger charge is -2.07. The standard InChI is InChI=1S/C8H12N2O3/c1-3-7(11)9-4-6-5-10(2)8(12)13-6/h3,6H,1,4-5H2,2H3,(H,9,11). The summed E-state index contributed by atoms with van der Waals surface area (Å²) in [5, 5.41) is 2.55. The van der Waals surface area contributed by atoms with Gasteiger partial charge in [0.2, 0.25) is 5.91 Å². The van der Waals surface area contributed by atoms with Crippen LogP contribution in [0.4, 0.5) is 4.79 Å². The molecule has 1 fully saturated rings. The Morgan fingerprint density at radius 3 is 3.08 bits per heavy atom. The zero-order chi connectivity index (χ0) is 9.84. The van der Waals surface area contributed by atoms with E-state index in [1.54, 1.807) is 7.05 Å². The van der Waals surface area contributed by atoms with E-state index in [0.29, 0.717) is 13.1 Å². The van der Waals surface area contributed by atoms with Crippen LogP contribution in [0.25, 0.3) is 0 Å². The van der Waals surface area contributed by atoms with Crippen LogP contribution >= 0.6 is 0 Å². The van der Waals surface area contributed by atoms with Crippen LogP contribution in [0.3, 0.4) is 0 Å². The molecule has 1 rings (SSSR count). The summed E-state index contributed by atoms with van der Waals surface area (Å²) in [5.74, 6) is -0.259. The van der Waals surface area contributed by atoms with Crippen LogP contribution in [0.5, 0.6) is 0 Å². The molecule has 2 amide bonds. The van der Waals surface area contributed by atoms with Gasteiger partial charge in [-0.25, -0.2) is 4.79 Å². The Labute approximate surface area is 76.3 Å². The number of carbonyl (C=O) groups excluding carboxylic acids is 2. The molecule has 1 N–H and O–H groups in total. The topological polar surface area (TPSA) is 58.6 Å². The van der Waals surface area contributed by atoms with Crippen molar-refractivity contribution in [3.8, 4) is 0 Å². The van der Waals surface area contributed by atoms with E-state index in [1.165, 1.54) is 11.0 Å². The van der Waals surface area contributed by atoms with Crippen molar-refractivity contribution in [2.45, 2.75) is 6.10 Å². The van der Waals surface area contributed by atoms with Gasteiger partial charge in [0.15, 0.2) is 0 Å². The van der Waals surface area contributed by atoms with Gasteiger partial charge in [0.05, 0.1) is 13.1 Å². The fourth-order valence-corrected chi connectivity index (χ4v) is 1.04. The molecule has 0 saturated carbocycles. The maximum absolute atomic E-state index is 10.9. The van der Waals surface area contributed by atoms with E-state index in [1.807, 2.05) is 0 Å². The molecule has 1 atom stereocenters. The SMILES string of the molecule is C=CC(=O)NCC1CN(C)C(=O)O1. The second-order valence-electron chi connectivity index (χ2n) is 2.84. The van der Waals surface area contributed by atoms with Crippen molar-refractivity contribution >= 4 is 12.0 Å². The zero-order valence-electron chi connectivity index (χ0n) is 7.45. The van der Waals surface area contributed by atoms with Crippen molar-refractivity contribution < 1.29 is 14.3 Å². The van der Waals surface area contributed by atoms with Gasteiger partial charge in [-0.1, -0.05) is 6.58 Å². The van der Waals surface area contributed by atoms with Crippen LogP contribution < -0.4 is 5.32 Å². The van der Waals surface area contributed by atoms with Crippen LogP contribution in [-0.2, 0) is 9.53 Å². The predicted octanol–water partition coefficient (Wildman–Crippen LogP) is -0.261. The molecule has 0 aromatic carbocycles. The highest BCUT2D eigenvalue weighted by Crippen LogP contribution is 2.07. The minimum atomic E-state index is -0.349. The minimum absolute atomic E-state index is 0.249. The van der Waals surface area contributed by atoms with Gasteiger partial charge in [-0.15, -0.1) is 0 Å². The summed E-state index contributed by atoms with van der Waals surface area (Å²) in [4.78, 5) is 23.1. The lowest BCUT2D eigenvalue weighted by molar-refractivity contribution is -0.116. The Morgan fingerprint density at radius 1 is 1.92 bits per heavy atom. The molecule has 1 heterocycles. The van der Waals surface area contributed by atoms with Gasteiger partial charge in [-0.05, 0) is 6.08 Å². The Balaban J connectivity index is 2.28. The third kappa shape index (κ3) is 2.47. The van der Waals surface area contributed by atoms with Crippen LogP contribution in [0, 0.1) is 0 Å². The van der Waals surface area contributed by atoms with Crippen LogP contribution in [0.2, 0.25) is 0 Å². The number of carbonyl (C=O) groups is 2. The molecule has 0 aromatic rings. The summed E-state index contributed by atoms with van der Waals surface area (Å²) in [6.45, 7) is 4.15. The van der Waals surface area contributed by atoms with Gasteiger partial charge in [0.1, 0.15) is 6.10 Å². The highest BCUT2D eigenvalue weighted by molar-refractivity contribution is 5.86. The van der Waals surface area contributed by atoms with Crippen LogP contribution in [-0.4, -0.2) is 43.1 Å². The van der Waals surface area contributed by atoms with Gasteiger partial charge >= 0.3 is 6.09 Å². The summed E-state index contributed by atoms with van der Waals surface area (Å²) in [7, 11) is 1.65. The molecular weight excluding hydrogens is 172 g/mol. The van der Waals surface area contributed by atoms with Crippen LogP contribution in [0.15, 0.2) is 12.7 Å². The lowest BCUT2D eigenvalue weighted by Crippen LogP contribution is -2.33. The third-order valence-corrected chi connectivity index (χ3v) is 1.75. The molecule has 72 valence electrons. The molecular formula is C8H12N2O3.